The minimum Gasteiger partial charge on any atom is -0.503 e. The molecule has 5 rings (SSSR count). The van der Waals surface area contributed by atoms with Crippen LogP contribution in [0, 0.1) is 5.82 Å². The lowest BCUT2D eigenvalue weighted by molar-refractivity contribution is -0.129. The fourth-order valence-corrected chi connectivity index (χ4v) is 4.64. The first-order valence-electron chi connectivity index (χ1n) is 10.7. The van der Waals surface area contributed by atoms with Crippen LogP contribution in [0.4, 0.5) is 4.39 Å². The van der Waals surface area contributed by atoms with Crippen molar-refractivity contribution in [2.24, 2.45) is 0 Å². The number of halogens is 2. The highest BCUT2D eigenvalue weighted by molar-refractivity contribution is 9.10. The van der Waals surface area contributed by atoms with E-state index in [-0.39, 0.29) is 23.7 Å². The van der Waals surface area contributed by atoms with Crippen molar-refractivity contribution in [2.75, 3.05) is 6.54 Å². The number of ketones is 1. The number of hydrogen-bond donors (Lipinski definition) is 1. The summed E-state index contributed by atoms with van der Waals surface area (Å²) < 4.78 is 19.9. The van der Waals surface area contributed by atoms with Crippen LogP contribution in [0.3, 0.4) is 0 Å². The van der Waals surface area contributed by atoms with E-state index in [1.165, 1.54) is 17.0 Å². The highest BCUT2D eigenvalue weighted by atomic mass is 79.9. The summed E-state index contributed by atoms with van der Waals surface area (Å²) in [6, 6.07) is 21.3. The number of aliphatic hydroxyl groups is 1. The van der Waals surface area contributed by atoms with Gasteiger partial charge in [0.2, 0.25) is 5.78 Å². The fourth-order valence-electron chi connectivity index (χ4n) is 4.26. The average Bonchev–Trinajstić information content (AvgIpc) is 3.37. The molecule has 170 valence electrons. The molecule has 7 heteroatoms. The van der Waals surface area contributed by atoms with Gasteiger partial charge >= 0.3 is 0 Å². The second-order valence-corrected chi connectivity index (χ2v) is 8.99. The van der Waals surface area contributed by atoms with Crippen molar-refractivity contribution in [3.05, 3.63) is 117 Å². The van der Waals surface area contributed by atoms with Crippen LogP contribution in [0.25, 0.3) is 11.0 Å². The Morgan fingerprint density at radius 1 is 1.03 bits per heavy atom. The number of nitrogens with zero attached hydrogens (tertiary/aromatic N) is 1. The topological polar surface area (TPSA) is 70.8 Å². The number of Topliss-reactive ketones (excluding diaryl/α,β-unsaturated/α-hetero) is 1. The van der Waals surface area contributed by atoms with Gasteiger partial charge < -0.3 is 14.4 Å². The Morgan fingerprint density at radius 3 is 2.50 bits per heavy atom. The molecule has 2 heterocycles. The molecule has 0 fully saturated rings. The Morgan fingerprint density at radius 2 is 1.76 bits per heavy atom. The van der Waals surface area contributed by atoms with E-state index in [0.717, 1.165) is 15.4 Å². The molecule has 1 aliphatic rings. The summed E-state index contributed by atoms with van der Waals surface area (Å²) in [4.78, 5) is 28.1. The van der Waals surface area contributed by atoms with E-state index in [4.69, 9.17) is 4.42 Å². The third kappa shape index (κ3) is 4.03. The normalized spacial score (nSPS) is 16.0. The lowest BCUT2D eigenvalue weighted by Crippen LogP contribution is -2.33. The Balaban J connectivity index is 1.52. The van der Waals surface area contributed by atoms with Crippen LogP contribution in [0.2, 0.25) is 0 Å². The highest BCUT2D eigenvalue weighted by Gasteiger charge is 2.44. The molecule has 0 spiro atoms. The predicted molar refractivity (Wildman–Crippen MR) is 129 cm³/mol. The van der Waals surface area contributed by atoms with Gasteiger partial charge in [-0.2, -0.15) is 0 Å². The average molecular weight is 520 g/mol. The van der Waals surface area contributed by atoms with E-state index in [1.807, 2.05) is 36.4 Å². The smallest absolute Gasteiger partial charge is 0.290 e. The maximum absolute atomic E-state index is 13.6. The van der Waals surface area contributed by atoms with E-state index in [9.17, 15) is 19.1 Å². The molecular formula is C27H19BrFNO4. The minimum atomic E-state index is -0.776. The van der Waals surface area contributed by atoms with Crippen molar-refractivity contribution >= 4 is 38.6 Å². The van der Waals surface area contributed by atoms with Gasteiger partial charge in [0.25, 0.3) is 5.91 Å². The van der Waals surface area contributed by atoms with Crippen LogP contribution < -0.4 is 0 Å². The maximum Gasteiger partial charge on any atom is 0.290 e. The zero-order valence-corrected chi connectivity index (χ0v) is 19.5. The van der Waals surface area contributed by atoms with Crippen LogP contribution in [0.1, 0.15) is 27.7 Å². The summed E-state index contributed by atoms with van der Waals surface area (Å²) in [6.07, 6.45) is 0.433. The van der Waals surface area contributed by atoms with Gasteiger partial charge in [-0.15, -0.1) is 0 Å². The lowest BCUT2D eigenvalue weighted by Gasteiger charge is -2.26. The fraction of sp³-hybridized carbons (Fsp3) is 0.111. The molecular weight excluding hydrogens is 501 g/mol. The number of rotatable bonds is 6. The first-order valence-corrected chi connectivity index (χ1v) is 11.5. The van der Waals surface area contributed by atoms with Crippen molar-refractivity contribution in [3.8, 4) is 0 Å². The summed E-state index contributed by atoms with van der Waals surface area (Å²) >= 11 is 3.40. The number of hydrogen-bond acceptors (Lipinski definition) is 4. The predicted octanol–water partition coefficient (Wildman–Crippen LogP) is 6.16. The van der Waals surface area contributed by atoms with E-state index in [2.05, 4.69) is 15.9 Å². The number of benzene rings is 3. The summed E-state index contributed by atoms with van der Waals surface area (Å²) in [7, 11) is 0. The monoisotopic (exact) mass is 519 g/mol. The summed E-state index contributed by atoms with van der Waals surface area (Å²) in [5.41, 5.74) is 2.04. The molecule has 1 atom stereocenters. The second kappa shape index (κ2) is 8.91. The SMILES string of the molecule is O=C(C1=C(O)C(=O)N(CCc2ccc(F)cc2)C1c1ccccc1)c1cc2cc(Br)ccc2o1. The largest absolute Gasteiger partial charge is 0.503 e. The molecule has 0 saturated carbocycles. The van der Waals surface area contributed by atoms with Crippen molar-refractivity contribution in [1.29, 1.82) is 0 Å². The third-order valence-corrected chi connectivity index (χ3v) is 6.41. The number of carbonyl (C=O) groups is 2. The minimum absolute atomic E-state index is 0.0200. The molecule has 4 aromatic rings. The number of furan rings is 1. The van der Waals surface area contributed by atoms with Crippen molar-refractivity contribution in [3.63, 3.8) is 0 Å². The molecule has 0 bridgehead atoms. The number of amides is 1. The number of fused-ring (bicyclic) bond motifs is 1. The molecule has 5 nitrogen and oxygen atoms in total. The van der Waals surface area contributed by atoms with E-state index in [0.29, 0.717) is 17.6 Å². The second-order valence-electron chi connectivity index (χ2n) is 8.07. The highest BCUT2D eigenvalue weighted by Crippen LogP contribution is 2.39. The van der Waals surface area contributed by atoms with E-state index < -0.39 is 23.5 Å². The van der Waals surface area contributed by atoms with Gasteiger partial charge in [-0.3, -0.25) is 9.59 Å². The van der Waals surface area contributed by atoms with E-state index >= 15 is 0 Å². The summed E-state index contributed by atoms with van der Waals surface area (Å²) in [5, 5.41) is 11.5. The van der Waals surface area contributed by atoms with Gasteiger partial charge in [0.1, 0.15) is 11.4 Å². The first kappa shape index (κ1) is 22.1. The Kier molecular flexibility index (Phi) is 5.79. The van der Waals surface area contributed by atoms with Gasteiger partial charge in [-0.1, -0.05) is 58.4 Å². The maximum atomic E-state index is 13.6. The molecule has 1 aromatic heterocycles. The van der Waals surface area contributed by atoms with Crippen molar-refractivity contribution in [1.82, 2.24) is 4.90 Å². The first-order chi connectivity index (χ1) is 16.4. The Bertz CT molecular complexity index is 1430. The summed E-state index contributed by atoms with van der Waals surface area (Å²) in [5.74, 6) is -2.05. The van der Waals surface area contributed by atoms with Gasteiger partial charge in [0.15, 0.2) is 11.5 Å². The quantitative estimate of drug-likeness (QED) is 0.310. The van der Waals surface area contributed by atoms with Crippen LogP contribution in [-0.2, 0) is 11.2 Å². The standard InChI is InChI=1S/C27H19BrFNO4/c28-19-8-11-21-18(14-19)15-22(34-21)25(31)23-24(17-4-2-1-3-5-17)30(27(33)26(23)32)13-12-16-6-9-20(29)10-7-16/h1-11,14-15,24,32H,12-13H2. The van der Waals surface area contributed by atoms with Crippen molar-refractivity contribution < 1.29 is 23.5 Å². The zero-order chi connectivity index (χ0) is 23.8. The molecule has 1 amide bonds. The summed E-state index contributed by atoms with van der Waals surface area (Å²) in [6.45, 7) is 0.234. The molecule has 1 unspecified atom stereocenters. The lowest BCUT2D eigenvalue weighted by atomic mass is 9.95. The van der Waals surface area contributed by atoms with Crippen LogP contribution >= 0.6 is 15.9 Å². The number of carbonyl (C=O) groups excluding carboxylic acids is 2. The molecule has 3 aromatic carbocycles. The molecule has 1 aliphatic heterocycles. The van der Waals surface area contributed by atoms with E-state index in [1.54, 1.807) is 30.3 Å². The van der Waals surface area contributed by atoms with Gasteiger partial charge in [-0.25, -0.2) is 4.39 Å². The van der Waals surface area contributed by atoms with Crippen LogP contribution in [0.5, 0.6) is 0 Å². The Labute approximate surface area is 203 Å². The molecule has 1 N–H and O–H groups in total. The zero-order valence-electron chi connectivity index (χ0n) is 17.9. The molecule has 0 aliphatic carbocycles. The molecule has 0 saturated heterocycles. The van der Waals surface area contributed by atoms with Crippen LogP contribution in [0.15, 0.2) is 99.1 Å². The Hall–Kier alpha value is -3.71. The number of aliphatic hydroxyl groups excluding tert-OH is 1. The van der Waals surface area contributed by atoms with Gasteiger partial charge in [-0.05, 0) is 53.9 Å². The molecule has 34 heavy (non-hydrogen) atoms. The van der Waals surface area contributed by atoms with Crippen LogP contribution in [-0.4, -0.2) is 28.2 Å². The molecule has 0 radical (unpaired) electrons. The van der Waals surface area contributed by atoms with Gasteiger partial charge in [0.05, 0.1) is 11.6 Å². The van der Waals surface area contributed by atoms with Gasteiger partial charge in [0, 0.05) is 16.4 Å². The van der Waals surface area contributed by atoms with Crippen molar-refractivity contribution in [2.45, 2.75) is 12.5 Å². The third-order valence-electron chi connectivity index (χ3n) is 5.92.